The quantitative estimate of drug-likeness (QED) is 0.105. The van der Waals surface area contributed by atoms with Gasteiger partial charge in [0.25, 0.3) is 16.7 Å². The van der Waals surface area contributed by atoms with Crippen molar-refractivity contribution in [2.24, 2.45) is 17.8 Å². The van der Waals surface area contributed by atoms with E-state index in [1.807, 2.05) is 178 Å². The van der Waals surface area contributed by atoms with E-state index in [-0.39, 0.29) is 64.6 Å². The molecule has 6 aromatic carbocycles. The molecule has 0 radical (unpaired) electrons. The van der Waals surface area contributed by atoms with Crippen LogP contribution in [0.5, 0.6) is 23.0 Å². The standard InChI is InChI=1S/C28H34N4O3.C28H33N3O5.C27H31N3O4/c1-19-4-9-26-25(18-19)28(34)32(20(2)29-26)22-5-7-23(8-6-22)35-24-12-16-31(17-13-24)27(33)21-10-14-30(3)15-11-21;1-18-4-6-24-23(16-18)28(33)31(19(2)29-24)25-7-5-22(17-26(25)34-3)36-21-8-12-30(13-9-21)27(32)20-10-14-35-15-11-20;1-18-3-8-25-24(17-18)27(32)30(19(2)28-25)21-4-6-22(7-5-21)34-23-9-13-29(14-10-23)26(31)20-11-15-33-16-12-20/h4-9,18,21,24H,10-17H2,1-3H3;4-7,16-17,20-21H,8-15H2,1-3H3;3-8,17,20,23H,9-16H2,1-2H3. The number of carbonyl (C=O) groups excluding carboxylic acids is 3. The van der Waals surface area contributed by atoms with E-state index in [0.29, 0.717) is 107 Å². The summed E-state index contributed by atoms with van der Waals surface area (Å²) in [5.74, 6) is 5.89. The number of hydrogen-bond acceptors (Lipinski definition) is 16. The third-order valence-electron chi connectivity index (χ3n) is 21.5. The first kappa shape index (κ1) is 73.5. The number of fused-ring (bicyclic) bond motifs is 3. The normalized spacial score (nSPS) is 17.8. The number of benzene rings is 6. The van der Waals surface area contributed by atoms with Gasteiger partial charge in [0, 0.05) is 128 Å². The number of methoxy groups -OCH3 is 1. The Morgan fingerprint density at radius 3 is 1.07 bits per heavy atom. The number of amides is 3. The second kappa shape index (κ2) is 33.1. The molecule has 552 valence electrons. The summed E-state index contributed by atoms with van der Waals surface area (Å²) in [6.07, 6.45) is 10.3. The number of ether oxygens (including phenoxy) is 6. The molecule has 6 aliphatic heterocycles. The molecule has 6 aliphatic rings. The molecule has 0 aliphatic carbocycles. The summed E-state index contributed by atoms with van der Waals surface area (Å²) in [6, 6.07) is 38.0. The molecular formula is C83H98N10O12. The highest BCUT2D eigenvalue weighted by molar-refractivity contribution is 5.82. The van der Waals surface area contributed by atoms with Crippen molar-refractivity contribution >= 4 is 50.4 Å². The summed E-state index contributed by atoms with van der Waals surface area (Å²) >= 11 is 0. The van der Waals surface area contributed by atoms with E-state index in [0.717, 1.165) is 161 Å². The van der Waals surface area contributed by atoms with Crippen LogP contribution in [0, 0.1) is 59.3 Å². The molecule has 0 unspecified atom stereocenters. The summed E-state index contributed by atoms with van der Waals surface area (Å²) in [6.45, 7) is 20.5. The maximum absolute atomic E-state index is 13.4. The highest BCUT2D eigenvalue weighted by atomic mass is 16.5. The summed E-state index contributed by atoms with van der Waals surface area (Å²) in [5.41, 5.74) is 7.09. The van der Waals surface area contributed by atoms with Crippen LogP contribution in [-0.4, -0.2) is 177 Å². The number of aromatic nitrogens is 6. The lowest BCUT2D eigenvalue weighted by molar-refractivity contribution is -0.141. The third kappa shape index (κ3) is 17.1. The third-order valence-corrected chi connectivity index (χ3v) is 21.5. The molecule has 0 bridgehead atoms. The number of hydrogen-bond donors (Lipinski definition) is 0. The second-order valence-corrected chi connectivity index (χ2v) is 29.1. The minimum atomic E-state index is -0.130. The van der Waals surface area contributed by atoms with Gasteiger partial charge < -0.3 is 48.0 Å². The number of aryl methyl sites for hydroxylation is 6. The maximum Gasteiger partial charge on any atom is 0.266 e. The van der Waals surface area contributed by atoms with Crippen LogP contribution in [0.4, 0.5) is 0 Å². The van der Waals surface area contributed by atoms with E-state index in [1.165, 1.54) is 0 Å². The van der Waals surface area contributed by atoms with Crippen molar-refractivity contribution in [1.82, 2.24) is 48.3 Å². The molecule has 15 rings (SSSR count). The lowest BCUT2D eigenvalue weighted by atomic mass is 9.94. The topological polar surface area (TPSA) is 224 Å². The molecular weight excluding hydrogens is 1330 g/mol. The molecule has 0 spiro atoms. The number of rotatable bonds is 13. The van der Waals surface area contributed by atoms with Gasteiger partial charge >= 0.3 is 0 Å². The molecule has 0 saturated carbocycles. The van der Waals surface area contributed by atoms with Crippen molar-refractivity contribution in [3.05, 3.63) is 187 Å². The maximum atomic E-state index is 13.4. The molecule has 3 amide bonds. The Kier molecular flexibility index (Phi) is 23.2. The predicted octanol–water partition coefficient (Wildman–Crippen LogP) is 11.3. The predicted molar refractivity (Wildman–Crippen MR) is 405 cm³/mol. The van der Waals surface area contributed by atoms with Crippen molar-refractivity contribution < 1.29 is 42.8 Å². The SMILES string of the molecule is COc1cc(OC2CCN(C(=O)C3CCOCC3)CC2)ccc1-n1c(C)nc2ccc(C)cc2c1=O.Cc1ccc2nc(C)n(-c3ccc(OC4CCN(C(=O)C5CCN(C)CC5)CC4)cc3)c(=O)c2c1.Cc1ccc2nc(C)n(-c3ccc(OC4CCN(C(=O)C5CCOCC5)CC4)cc3)c(=O)c2c1. The van der Waals surface area contributed by atoms with E-state index in [9.17, 15) is 28.8 Å². The minimum absolute atomic E-state index is 0.0223. The zero-order valence-corrected chi connectivity index (χ0v) is 61.9. The summed E-state index contributed by atoms with van der Waals surface area (Å²) in [5, 5.41) is 1.82. The molecule has 9 aromatic rings. The van der Waals surface area contributed by atoms with Gasteiger partial charge in [0.2, 0.25) is 17.7 Å². The van der Waals surface area contributed by atoms with Crippen molar-refractivity contribution in [2.75, 3.05) is 92.9 Å². The molecule has 105 heavy (non-hydrogen) atoms. The number of likely N-dealkylation sites (tertiary alicyclic amines) is 4. The number of carbonyl (C=O) groups is 3. The van der Waals surface area contributed by atoms with Crippen LogP contribution in [0.25, 0.3) is 49.8 Å². The smallest absolute Gasteiger partial charge is 0.266 e. The van der Waals surface area contributed by atoms with Gasteiger partial charge in [0.15, 0.2) is 0 Å². The van der Waals surface area contributed by atoms with Gasteiger partial charge in [-0.15, -0.1) is 0 Å². The van der Waals surface area contributed by atoms with Gasteiger partial charge in [0.1, 0.15) is 58.8 Å². The molecule has 22 nitrogen and oxygen atoms in total. The van der Waals surface area contributed by atoms with Crippen LogP contribution in [0.1, 0.15) is 111 Å². The summed E-state index contributed by atoms with van der Waals surface area (Å²) in [7, 11) is 3.71. The first-order chi connectivity index (χ1) is 50.8. The largest absolute Gasteiger partial charge is 0.494 e. The Bertz CT molecular complexity index is 4780. The first-order valence-electron chi connectivity index (χ1n) is 37.4. The van der Waals surface area contributed by atoms with Crippen LogP contribution in [0.15, 0.2) is 136 Å². The van der Waals surface area contributed by atoms with E-state index >= 15 is 0 Å². The van der Waals surface area contributed by atoms with E-state index < -0.39 is 0 Å². The average molecular weight is 1430 g/mol. The van der Waals surface area contributed by atoms with Crippen molar-refractivity contribution in [3.63, 3.8) is 0 Å². The van der Waals surface area contributed by atoms with Gasteiger partial charge in [-0.3, -0.25) is 42.5 Å². The fraction of sp³-hybridized carbons (Fsp3) is 0.458. The molecule has 22 heteroatoms. The van der Waals surface area contributed by atoms with Crippen LogP contribution < -0.4 is 35.6 Å². The van der Waals surface area contributed by atoms with Crippen LogP contribution in [-0.2, 0) is 23.9 Å². The Balaban J connectivity index is 0.000000140. The molecule has 6 fully saturated rings. The molecule has 0 atom stereocenters. The van der Waals surface area contributed by atoms with Gasteiger partial charge in [-0.1, -0.05) is 34.9 Å². The summed E-state index contributed by atoms with van der Waals surface area (Å²) in [4.78, 5) is 100. The lowest BCUT2D eigenvalue weighted by Crippen LogP contribution is -2.46. The van der Waals surface area contributed by atoms with E-state index in [1.54, 1.807) is 20.8 Å². The Labute approximate surface area is 612 Å². The minimum Gasteiger partial charge on any atom is -0.494 e. The van der Waals surface area contributed by atoms with E-state index in [4.69, 9.17) is 28.4 Å². The van der Waals surface area contributed by atoms with E-state index in [2.05, 4.69) is 26.9 Å². The Hall–Kier alpha value is -9.77. The first-order valence-corrected chi connectivity index (χ1v) is 37.4. The summed E-state index contributed by atoms with van der Waals surface area (Å²) < 4.78 is 40.0. The highest BCUT2D eigenvalue weighted by Crippen LogP contribution is 2.33. The van der Waals surface area contributed by atoms with Gasteiger partial charge in [0.05, 0.1) is 56.9 Å². The zero-order valence-electron chi connectivity index (χ0n) is 61.9. The lowest BCUT2D eigenvalue weighted by Gasteiger charge is -2.36. The zero-order chi connectivity index (χ0) is 73.4. The number of piperidine rings is 4. The fourth-order valence-corrected chi connectivity index (χ4v) is 15.5. The average Bonchev–Trinajstić information content (AvgIpc) is 0.780. The Morgan fingerprint density at radius 2 is 0.705 bits per heavy atom. The monoisotopic (exact) mass is 1430 g/mol. The van der Waals surface area contributed by atoms with Gasteiger partial charge in [-0.25, -0.2) is 15.0 Å². The van der Waals surface area contributed by atoms with Crippen LogP contribution in [0.2, 0.25) is 0 Å². The van der Waals surface area contributed by atoms with Crippen LogP contribution >= 0.6 is 0 Å². The molecule has 0 N–H and O–H groups in total. The van der Waals surface area contributed by atoms with Crippen molar-refractivity contribution in [3.8, 4) is 40.1 Å². The van der Waals surface area contributed by atoms with Crippen molar-refractivity contribution in [2.45, 2.75) is 137 Å². The Morgan fingerprint density at radius 1 is 0.381 bits per heavy atom. The fourth-order valence-electron chi connectivity index (χ4n) is 15.5. The molecule has 6 saturated heterocycles. The second-order valence-electron chi connectivity index (χ2n) is 29.1. The molecule has 9 heterocycles. The number of nitrogens with zero attached hydrogens (tertiary/aromatic N) is 10. The van der Waals surface area contributed by atoms with Gasteiger partial charge in [-0.2, -0.15) is 0 Å². The van der Waals surface area contributed by atoms with Gasteiger partial charge in [-0.05, 0) is 197 Å². The van der Waals surface area contributed by atoms with Crippen LogP contribution in [0.3, 0.4) is 0 Å². The highest BCUT2D eigenvalue weighted by Gasteiger charge is 2.34. The molecule has 3 aromatic heterocycles. The van der Waals surface area contributed by atoms with Crippen molar-refractivity contribution in [1.29, 1.82) is 0 Å².